The zero-order chi connectivity index (χ0) is 30.3. The van der Waals surface area contributed by atoms with E-state index in [0.29, 0.717) is 58.9 Å². The van der Waals surface area contributed by atoms with Crippen LogP contribution in [0, 0.1) is 0 Å². The van der Waals surface area contributed by atoms with Gasteiger partial charge in [0.15, 0.2) is 11.5 Å². The lowest BCUT2D eigenvalue weighted by Gasteiger charge is -2.41. The van der Waals surface area contributed by atoms with Crippen molar-refractivity contribution in [1.82, 2.24) is 0 Å². The van der Waals surface area contributed by atoms with Crippen LogP contribution in [0.5, 0.6) is 17.2 Å². The fourth-order valence-corrected chi connectivity index (χ4v) is 6.25. The second-order valence-electron chi connectivity index (χ2n) is 11.8. The number of carboxylic acid groups (broad SMARTS) is 1. The quantitative estimate of drug-likeness (QED) is 0.247. The minimum atomic E-state index is -1.08. The van der Waals surface area contributed by atoms with Crippen molar-refractivity contribution in [2.24, 2.45) is 0 Å². The monoisotopic (exact) mass is 597 g/mol. The van der Waals surface area contributed by atoms with Crippen LogP contribution in [0.25, 0.3) is 0 Å². The van der Waals surface area contributed by atoms with Crippen molar-refractivity contribution in [2.75, 3.05) is 18.1 Å². The molecule has 8 heteroatoms. The SMILES string of the molecule is CC(C)(C)c1ccc(N2C(=O)c3cc(OCc4ccccc4)ccc3C(C(=O)O)C2c2ccc3c(c2)OCCO3)cc1Cl. The van der Waals surface area contributed by atoms with Crippen LogP contribution in [-0.2, 0) is 16.8 Å². The van der Waals surface area contributed by atoms with E-state index < -0.39 is 17.9 Å². The second-order valence-corrected chi connectivity index (χ2v) is 12.2. The average Bonchev–Trinajstić information content (AvgIpc) is 2.99. The molecule has 4 aromatic carbocycles. The largest absolute Gasteiger partial charge is 0.489 e. The van der Waals surface area contributed by atoms with Crippen molar-refractivity contribution >= 4 is 29.2 Å². The first-order valence-corrected chi connectivity index (χ1v) is 14.6. The van der Waals surface area contributed by atoms with Gasteiger partial charge in [-0.1, -0.05) is 80.9 Å². The number of hydrogen-bond acceptors (Lipinski definition) is 5. The molecule has 0 saturated carbocycles. The Morgan fingerprint density at radius 3 is 2.40 bits per heavy atom. The molecular formula is C35H32ClNO6. The molecule has 2 unspecified atom stereocenters. The van der Waals surface area contributed by atoms with Gasteiger partial charge in [-0.2, -0.15) is 0 Å². The van der Waals surface area contributed by atoms with Crippen LogP contribution in [-0.4, -0.2) is 30.2 Å². The van der Waals surface area contributed by atoms with Crippen molar-refractivity contribution in [2.45, 2.75) is 44.8 Å². The number of halogens is 1. The van der Waals surface area contributed by atoms with Gasteiger partial charge in [0.05, 0.1) is 6.04 Å². The smallest absolute Gasteiger partial charge is 0.313 e. The van der Waals surface area contributed by atoms with Gasteiger partial charge in [0.1, 0.15) is 31.5 Å². The van der Waals surface area contributed by atoms with Crippen LogP contribution in [0.4, 0.5) is 5.69 Å². The molecule has 2 aliphatic heterocycles. The summed E-state index contributed by atoms with van der Waals surface area (Å²) in [4.78, 5) is 29.1. The van der Waals surface area contributed by atoms with E-state index in [0.717, 1.165) is 11.1 Å². The summed E-state index contributed by atoms with van der Waals surface area (Å²) in [6, 6.07) is 24.6. The maximum Gasteiger partial charge on any atom is 0.313 e. The Bertz CT molecular complexity index is 1700. The van der Waals surface area contributed by atoms with Crippen molar-refractivity contribution < 1.29 is 28.9 Å². The predicted octanol–water partition coefficient (Wildman–Crippen LogP) is 7.56. The van der Waals surface area contributed by atoms with E-state index in [1.807, 2.05) is 42.5 Å². The maximum atomic E-state index is 14.5. The van der Waals surface area contributed by atoms with Crippen molar-refractivity contribution in [1.29, 1.82) is 0 Å². The Morgan fingerprint density at radius 2 is 1.70 bits per heavy atom. The number of carboxylic acids is 1. The summed E-state index contributed by atoms with van der Waals surface area (Å²) in [6.45, 7) is 7.30. The number of fused-ring (bicyclic) bond motifs is 2. The topological polar surface area (TPSA) is 85.3 Å². The summed E-state index contributed by atoms with van der Waals surface area (Å²) in [5, 5.41) is 11.2. The lowest BCUT2D eigenvalue weighted by Crippen LogP contribution is -2.45. The van der Waals surface area contributed by atoms with E-state index in [-0.39, 0.29) is 16.9 Å². The molecule has 2 heterocycles. The molecule has 0 bridgehead atoms. The highest BCUT2D eigenvalue weighted by Gasteiger charge is 2.46. The molecule has 6 rings (SSSR count). The Labute approximate surface area is 255 Å². The molecule has 2 aliphatic rings. The molecule has 1 amide bonds. The molecular weight excluding hydrogens is 566 g/mol. The van der Waals surface area contributed by atoms with Crippen LogP contribution >= 0.6 is 11.6 Å². The van der Waals surface area contributed by atoms with Crippen molar-refractivity contribution in [3.05, 3.63) is 118 Å². The Morgan fingerprint density at radius 1 is 0.953 bits per heavy atom. The normalized spacial score (nSPS) is 17.8. The predicted molar refractivity (Wildman–Crippen MR) is 165 cm³/mol. The third-order valence-electron chi connectivity index (χ3n) is 7.86. The van der Waals surface area contributed by atoms with Gasteiger partial charge in [-0.05, 0) is 64.1 Å². The van der Waals surface area contributed by atoms with Crippen LogP contribution in [0.2, 0.25) is 5.02 Å². The molecule has 0 spiro atoms. The number of rotatable bonds is 6. The van der Waals surface area contributed by atoms with Gasteiger partial charge < -0.3 is 19.3 Å². The van der Waals surface area contributed by atoms with Crippen LogP contribution in [0.1, 0.15) is 65.3 Å². The van der Waals surface area contributed by atoms with Gasteiger partial charge in [-0.3, -0.25) is 14.5 Å². The van der Waals surface area contributed by atoms with E-state index in [1.54, 1.807) is 42.5 Å². The van der Waals surface area contributed by atoms with Crippen LogP contribution < -0.4 is 19.1 Å². The third-order valence-corrected chi connectivity index (χ3v) is 8.18. The zero-order valence-corrected chi connectivity index (χ0v) is 24.9. The lowest BCUT2D eigenvalue weighted by molar-refractivity contribution is -0.139. The van der Waals surface area contributed by atoms with Gasteiger partial charge in [0.2, 0.25) is 0 Å². The fourth-order valence-electron chi connectivity index (χ4n) is 5.79. The summed E-state index contributed by atoms with van der Waals surface area (Å²) < 4.78 is 17.5. The molecule has 4 aromatic rings. The van der Waals surface area contributed by atoms with Gasteiger partial charge >= 0.3 is 5.97 Å². The zero-order valence-electron chi connectivity index (χ0n) is 24.2. The number of aliphatic carboxylic acids is 1. The number of carbonyl (C=O) groups excluding carboxylic acids is 1. The molecule has 7 nitrogen and oxygen atoms in total. The first kappa shape index (κ1) is 28.6. The summed E-state index contributed by atoms with van der Waals surface area (Å²) in [6.07, 6.45) is 0. The number of benzene rings is 4. The van der Waals surface area contributed by atoms with E-state index in [4.69, 9.17) is 25.8 Å². The maximum absolute atomic E-state index is 14.5. The molecule has 220 valence electrons. The highest BCUT2D eigenvalue weighted by atomic mass is 35.5. The average molecular weight is 598 g/mol. The molecule has 0 radical (unpaired) electrons. The second kappa shape index (κ2) is 11.3. The number of anilines is 1. The summed E-state index contributed by atoms with van der Waals surface area (Å²) in [7, 11) is 0. The summed E-state index contributed by atoms with van der Waals surface area (Å²) in [5.74, 6) is -0.935. The first-order chi connectivity index (χ1) is 20.6. The molecule has 1 N–H and O–H groups in total. The molecule has 0 saturated heterocycles. The van der Waals surface area contributed by atoms with E-state index in [1.165, 1.54) is 4.90 Å². The number of ether oxygens (including phenoxy) is 3. The third kappa shape index (κ3) is 5.53. The molecule has 0 aliphatic carbocycles. The summed E-state index contributed by atoms with van der Waals surface area (Å²) >= 11 is 6.78. The van der Waals surface area contributed by atoms with Gasteiger partial charge in [0, 0.05) is 16.3 Å². The highest BCUT2D eigenvalue weighted by Crippen LogP contribution is 2.48. The number of hydrogen-bond donors (Lipinski definition) is 1. The Kier molecular flexibility index (Phi) is 7.52. The van der Waals surface area contributed by atoms with Crippen LogP contribution in [0.3, 0.4) is 0 Å². The number of nitrogens with zero attached hydrogens (tertiary/aromatic N) is 1. The number of amides is 1. The first-order valence-electron chi connectivity index (χ1n) is 14.2. The lowest BCUT2D eigenvalue weighted by atomic mass is 9.79. The van der Waals surface area contributed by atoms with Crippen molar-refractivity contribution in [3.63, 3.8) is 0 Å². The minimum absolute atomic E-state index is 0.224. The van der Waals surface area contributed by atoms with Gasteiger partial charge in [0.25, 0.3) is 5.91 Å². The van der Waals surface area contributed by atoms with Crippen molar-refractivity contribution in [3.8, 4) is 17.2 Å². The summed E-state index contributed by atoms with van der Waals surface area (Å²) in [5.41, 5.74) is 3.46. The molecule has 43 heavy (non-hydrogen) atoms. The fraction of sp³-hybridized carbons (Fsp3) is 0.257. The standard InChI is InChI=1S/C35H32ClNO6/c1-35(2,3)27-13-10-23(18-28(27)36)37-32(22-9-14-29-30(17-22)42-16-15-41-29)31(34(39)40)25-12-11-24(19-26(25)33(37)38)43-20-21-7-5-4-6-8-21/h4-14,17-19,31-32H,15-16,20H2,1-3H3,(H,39,40). The van der Waals surface area contributed by atoms with E-state index in [9.17, 15) is 14.7 Å². The Balaban J connectivity index is 1.48. The van der Waals surface area contributed by atoms with E-state index in [2.05, 4.69) is 20.8 Å². The minimum Gasteiger partial charge on any atom is -0.489 e. The molecule has 0 fully saturated rings. The molecule has 2 atom stereocenters. The van der Waals surface area contributed by atoms with Gasteiger partial charge in [-0.25, -0.2) is 0 Å². The van der Waals surface area contributed by atoms with E-state index >= 15 is 0 Å². The van der Waals surface area contributed by atoms with Gasteiger partial charge in [-0.15, -0.1) is 0 Å². The highest BCUT2D eigenvalue weighted by molar-refractivity contribution is 6.32. The number of carbonyl (C=O) groups is 2. The Hall–Kier alpha value is -4.49. The van der Waals surface area contributed by atoms with Crippen LogP contribution in [0.15, 0.2) is 84.9 Å². The molecule has 0 aromatic heterocycles.